The van der Waals surface area contributed by atoms with Crippen molar-refractivity contribution in [3.63, 3.8) is 0 Å². The Labute approximate surface area is 137 Å². The normalized spacial score (nSPS) is 11.0. The number of carbonyl (C=O) groups excluding carboxylic acids is 1. The van der Waals surface area contributed by atoms with Gasteiger partial charge in [0.25, 0.3) is 0 Å². The van der Waals surface area contributed by atoms with Gasteiger partial charge < -0.3 is 9.32 Å². The van der Waals surface area contributed by atoms with Gasteiger partial charge in [0.1, 0.15) is 0 Å². The van der Waals surface area contributed by atoms with E-state index in [4.69, 9.17) is 4.42 Å². The van der Waals surface area contributed by atoms with Crippen LogP contribution in [0.25, 0.3) is 11.5 Å². The van der Waals surface area contributed by atoms with Crippen LogP contribution < -0.4 is 0 Å². The molecule has 0 fully saturated rings. The molecule has 0 bridgehead atoms. The maximum absolute atomic E-state index is 12.1. The smallest absolute Gasteiger partial charge is 0.247 e. The summed E-state index contributed by atoms with van der Waals surface area (Å²) in [7, 11) is 1.87. The molecular weight excluding hydrogens is 292 g/mol. The lowest BCUT2D eigenvalue weighted by atomic mass is 10.1. The number of hydrogen-bond donors (Lipinski definition) is 0. The van der Waals surface area contributed by atoms with Crippen LogP contribution >= 0.6 is 0 Å². The number of hydrogen-bond acceptors (Lipinski definition) is 5. The molecule has 0 spiro atoms. The Morgan fingerprint density at radius 2 is 1.96 bits per heavy atom. The molecule has 124 valence electrons. The Kier molecular flexibility index (Phi) is 5.87. The first-order valence-electron chi connectivity index (χ1n) is 7.89. The van der Waals surface area contributed by atoms with Crippen molar-refractivity contribution >= 4 is 5.91 Å². The van der Waals surface area contributed by atoms with Crippen molar-refractivity contribution in [2.45, 2.75) is 27.3 Å². The van der Waals surface area contributed by atoms with Crippen molar-refractivity contribution in [3.05, 3.63) is 35.7 Å². The fourth-order valence-electron chi connectivity index (χ4n) is 2.41. The molecule has 23 heavy (non-hydrogen) atoms. The number of benzene rings is 1. The third-order valence-electron chi connectivity index (χ3n) is 3.66. The molecule has 0 saturated carbocycles. The molecule has 0 saturated heterocycles. The molecule has 2 rings (SSSR count). The minimum absolute atomic E-state index is 0.107. The molecule has 2 aromatic rings. The van der Waals surface area contributed by atoms with Gasteiger partial charge in [-0.15, -0.1) is 10.2 Å². The van der Waals surface area contributed by atoms with Gasteiger partial charge >= 0.3 is 0 Å². The summed E-state index contributed by atoms with van der Waals surface area (Å²) in [5.41, 5.74) is 2.05. The van der Waals surface area contributed by atoms with Gasteiger partial charge in [0.05, 0.1) is 13.1 Å². The highest BCUT2D eigenvalue weighted by molar-refractivity contribution is 5.78. The summed E-state index contributed by atoms with van der Waals surface area (Å²) in [5, 5.41) is 8.16. The molecule has 1 aromatic carbocycles. The van der Waals surface area contributed by atoms with Crippen LogP contribution in [0.15, 0.2) is 28.7 Å². The Balaban J connectivity index is 1.97. The van der Waals surface area contributed by atoms with E-state index in [1.807, 2.05) is 61.9 Å². The summed E-state index contributed by atoms with van der Waals surface area (Å²) in [4.78, 5) is 15.8. The third-order valence-corrected chi connectivity index (χ3v) is 3.66. The number of nitrogens with zero attached hydrogens (tertiary/aromatic N) is 4. The van der Waals surface area contributed by atoms with E-state index in [9.17, 15) is 4.79 Å². The highest BCUT2D eigenvalue weighted by Crippen LogP contribution is 2.19. The van der Waals surface area contributed by atoms with Gasteiger partial charge in [-0.05, 0) is 40.0 Å². The summed E-state index contributed by atoms with van der Waals surface area (Å²) < 4.78 is 5.70. The molecule has 0 aliphatic rings. The average molecular weight is 316 g/mol. The van der Waals surface area contributed by atoms with Gasteiger partial charge in [0.2, 0.25) is 17.7 Å². The Bertz CT molecular complexity index is 650. The average Bonchev–Trinajstić information content (AvgIpc) is 2.96. The van der Waals surface area contributed by atoms with Crippen molar-refractivity contribution in [3.8, 4) is 11.5 Å². The second-order valence-corrected chi connectivity index (χ2v) is 5.61. The van der Waals surface area contributed by atoms with Crippen molar-refractivity contribution in [1.82, 2.24) is 20.0 Å². The number of amides is 1. The topological polar surface area (TPSA) is 62.5 Å². The SMILES string of the molecule is CCN(CC)C(=O)CN(C)Cc1nnc(-c2cccc(C)c2)o1. The van der Waals surface area contributed by atoms with Crippen LogP contribution in [0.5, 0.6) is 0 Å². The molecule has 0 radical (unpaired) electrons. The van der Waals surface area contributed by atoms with Crippen molar-refractivity contribution in [1.29, 1.82) is 0 Å². The fraction of sp³-hybridized carbons (Fsp3) is 0.471. The zero-order chi connectivity index (χ0) is 16.8. The lowest BCUT2D eigenvalue weighted by Gasteiger charge is -2.22. The van der Waals surface area contributed by atoms with E-state index in [0.29, 0.717) is 24.9 Å². The first-order chi connectivity index (χ1) is 11.0. The number of carbonyl (C=O) groups is 1. The zero-order valence-corrected chi connectivity index (χ0v) is 14.2. The van der Waals surface area contributed by atoms with Gasteiger partial charge in [0.15, 0.2) is 0 Å². The van der Waals surface area contributed by atoms with Crippen LogP contribution in [0.1, 0.15) is 25.3 Å². The first-order valence-corrected chi connectivity index (χ1v) is 7.89. The Morgan fingerprint density at radius 1 is 1.22 bits per heavy atom. The number of aromatic nitrogens is 2. The molecule has 1 heterocycles. The molecule has 0 atom stereocenters. The number of rotatable bonds is 7. The van der Waals surface area contributed by atoms with E-state index < -0.39 is 0 Å². The fourth-order valence-corrected chi connectivity index (χ4v) is 2.41. The molecule has 1 aromatic heterocycles. The second-order valence-electron chi connectivity index (χ2n) is 5.61. The highest BCUT2D eigenvalue weighted by Gasteiger charge is 2.15. The van der Waals surface area contributed by atoms with Crippen LogP contribution in [0.3, 0.4) is 0 Å². The van der Waals surface area contributed by atoms with Gasteiger partial charge in [0, 0.05) is 18.7 Å². The van der Waals surface area contributed by atoms with Crippen molar-refractivity contribution in [2.75, 3.05) is 26.7 Å². The monoisotopic (exact) mass is 316 g/mol. The van der Waals surface area contributed by atoms with Gasteiger partial charge in [-0.3, -0.25) is 9.69 Å². The van der Waals surface area contributed by atoms with Crippen molar-refractivity contribution < 1.29 is 9.21 Å². The summed E-state index contributed by atoms with van der Waals surface area (Å²) in [6.45, 7) is 8.21. The minimum Gasteiger partial charge on any atom is -0.419 e. The maximum atomic E-state index is 12.1. The highest BCUT2D eigenvalue weighted by atomic mass is 16.4. The van der Waals surface area contributed by atoms with E-state index in [1.165, 1.54) is 0 Å². The van der Waals surface area contributed by atoms with E-state index in [1.54, 1.807) is 0 Å². The largest absolute Gasteiger partial charge is 0.419 e. The standard InChI is InChI=1S/C17H24N4O2/c1-5-21(6-2)16(22)12-20(4)11-15-18-19-17(23-15)14-9-7-8-13(3)10-14/h7-10H,5-6,11-12H2,1-4H3. The molecule has 6 nitrogen and oxygen atoms in total. The molecular formula is C17H24N4O2. The molecule has 0 aliphatic heterocycles. The lowest BCUT2D eigenvalue weighted by molar-refractivity contribution is -0.131. The van der Waals surface area contributed by atoms with Crippen LogP contribution in [-0.4, -0.2) is 52.6 Å². The predicted octanol–water partition coefficient (Wildman–Crippen LogP) is 2.35. The molecule has 6 heteroatoms. The van der Waals surface area contributed by atoms with Crippen molar-refractivity contribution in [2.24, 2.45) is 0 Å². The predicted molar refractivity (Wildman–Crippen MR) is 88.7 cm³/mol. The molecule has 0 aliphatic carbocycles. The molecule has 0 unspecified atom stereocenters. The van der Waals surface area contributed by atoms with Gasteiger partial charge in [-0.1, -0.05) is 17.7 Å². The number of aryl methyl sites for hydroxylation is 1. The summed E-state index contributed by atoms with van der Waals surface area (Å²) in [6, 6.07) is 7.93. The van der Waals surface area contributed by atoms with Crippen LogP contribution in [-0.2, 0) is 11.3 Å². The first kappa shape index (κ1) is 17.1. The Hall–Kier alpha value is -2.21. The van der Waals surface area contributed by atoms with E-state index in [0.717, 1.165) is 24.2 Å². The summed E-state index contributed by atoms with van der Waals surface area (Å²) in [5.74, 6) is 1.12. The van der Waals surface area contributed by atoms with Gasteiger partial charge in [-0.2, -0.15) is 0 Å². The van der Waals surface area contributed by atoms with Crippen LogP contribution in [0.4, 0.5) is 0 Å². The maximum Gasteiger partial charge on any atom is 0.247 e. The van der Waals surface area contributed by atoms with E-state index in [2.05, 4.69) is 10.2 Å². The zero-order valence-electron chi connectivity index (χ0n) is 14.2. The van der Waals surface area contributed by atoms with E-state index in [-0.39, 0.29) is 5.91 Å². The van der Waals surface area contributed by atoms with E-state index >= 15 is 0 Å². The third kappa shape index (κ3) is 4.63. The van der Waals surface area contributed by atoms with Crippen LogP contribution in [0, 0.1) is 6.92 Å². The quantitative estimate of drug-likeness (QED) is 0.784. The second kappa shape index (κ2) is 7.87. The summed E-state index contributed by atoms with van der Waals surface area (Å²) in [6.07, 6.45) is 0. The number of likely N-dealkylation sites (N-methyl/N-ethyl adjacent to an activating group) is 2. The van der Waals surface area contributed by atoms with Gasteiger partial charge in [-0.25, -0.2) is 0 Å². The minimum atomic E-state index is 0.107. The van der Waals surface area contributed by atoms with Crippen LogP contribution in [0.2, 0.25) is 0 Å². The lowest BCUT2D eigenvalue weighted by Crippen LogP contribution is -2.38. The Morgan fingerprint density at radius 3 is 2.61 bits per heavy atom. The summed E-state index contributed by atoms with van der Waals surface area (Å²) >= 11 is 0. The molecule has 0 N–H and O–H groups in total. The molecule has 1 amide bonds.